The van der Waals surface area contributed by atoms with Crippen molar-refractivity contribution in [1.29, 1.82) is 0 Å². The standard InChI is InChI=1S/C13H16F3NO/c14-13(15,16)9-5-1-3-7-11(9)18-12-8-4-2-6-10(12)17/h1,3,5,7,10,12H,2,4,6,8,17H2. The van der Waals surface area contributed by atoms with E-state index in [9.17, 15) is 13.2 Å². The molecule has 1 fully saturated rings. The predicted octanol–water partition coefficient (Wildman–Crippen LogP) is 3.35. The molecule has 1 aliphatic rings. The summed E-state index contributed by atoms with van der Waals surface area (Å²) in [5, 5.41) is 0. The molecule has 0 aromatic heterocycles. The van der Waals surface area contributed by atoms with Crippen LogP contribution < -0.4 is 10.5 Å². The molecule has 2 rings (SSSR count). The molecule has 0 spiro atoms. The Morgan fingerprint density at radius 3 is 2.44 bits per heavy atom. The second kappa shape index (κ2) is 5.18. The molecule has 0 amide bonds. The molecule has 1 aromatic carbocycles. The topological polar surface area (TPSA) is 35.2 Å². The molecule has 1 aliphatic carbocycles. The maximum atomic E-state index is 12.8. The molecule has 2 atom stereocenters. The number of benzene rings is 1. The third-order valence-electron chi connectivity index (χ3n) is 3.22. The van der Waals surface area contributed by atoms with Crippen molar-refractivity contribution in [3.05, 3.63) is 29.8 Å². The van der Waals surface area contributed by atoms with Crippen molar-refractivity contribution in [2.75, 3.05) is 0 Å². The van der Waals surface area contributed by atoms with E-state index in [1.807, 2.05) is 0 Å². The van der Waals surface area contributed by atoms with Gasteiger partial charge in [0.2, 0.25) is 0 Å². The third-order valence-corrected chi connectivity index (χ3v) is 3.22. The Labute approximate surface area is 104 Å². The van der Waals surface area contributed by atoms with E-state index >= 15 is 0 Å². The van der Waals surface area contributed by atoms with Crippen LogP contribution in [0.15, 0.2) is 24.3 Å². The monoisotopic (exact) mass is 259 g/mol. The molecule has 2 N–H and O–H groups in total. The summed E-state index contributed by atoms with van der Waals surface area (Å²) in [6.45, 7) is 0. The number of hydrogen-bond donors (Lipinski definition) is 1. The van der Waals surface area contributed by atoms with Gasteiger partial charge in [0, 0.05) is 6.04 Å². The number of para-hydroxylation sites is 1. The maximum absolute atomic E-state index is 12.8. The van der Waals surface area contributed by atoms with Crippen molar-refractivity contribution in [2.24, 2.45) is 5.73 Å². The van der Waals surface area contributed by atoms with Crippen molar-refractivity contribution in [1.82, 2.24) is 0 Å². The van der Waals surface area contributed by atoms with E-state index in [1.165, 1.54) is 12.1 Å². The van der Waals surface area contributed by atoms with Gasteiger partial charge in [-0.1, -0.05) is 18.6 Å². The fourth-order valence-electron chi connectivity index (χ4n) is 2.24. The Balaban J connectivity index is 2.18. The highest BCUT2D eigenvalue weighted by Gasteiger charge is 2.35. The number of ether oxygens (including phenoxy) is 1. The van der Waals surface area contributed by atoms with Gasteiger partial charge < -0.3 is 10.5 Å². The maximum Gasteiger partial charge on any atom is 0.419 e. The van der Waals surface area contributed by atoms with Crippen molar-refractivity contribution in [3.8, 4) is 5.75 Å². The van der Waals surface area contributed by atoms with Crippen molar-refractivity contribution in [3.63, 3.8) is 0 Å². The fourth-order valence-corrected chi connectivity index (χ4v) is 2.24. The lowest BCUT2D eigenvalue weighted by Gasteiger charge is -2.30. The zero-order valence-corrected chi connectivity index (χ0v) is 9.91. The summed E-state index contributed by atoms with van der Waals surface area (Å²) < 4.78 is 43.8. The van der Waals surface area contributed by atoms with Gasteiger partial charge >= 0.3 is 6.18 Å². The van der Waals surface area contributed by atoms with Gasteiger partial charge in [-0.05, 0) is 31.4 Å². The Kier molecular flexibility index (Phi) is 3.80. The highest BCUT2D eigenvalue weighted by atomic mass is 19.4. The van der Waals surface area contributed by atoms with Crippen LogP contribution in [0.1, 0.15) is 31.2 Å². The van der Waals surface area contributed by atoms with Gasteiger partial charge in [-0.15, -0.1) is 0 Å². The van der Waals surface area contributed by atoms with Crippen LogP contribution in [0, 0.1) is 0 Å². The minimum absolute atomic E-state index is 0.118. The van der Waals surface area contributed by atoms with Crippen LogP contribution in [0.3, 0.4) is 0 Å². The average molecular weight is 259 g/mol. The molecule has 18 heavy (non-hydrogen) atoms. The first-order chi connectivity index (χ1) is 8.48. The minimum atomic E-state index is -4.39. The average Bonchev–Trinajstić information content (AvgIpc) is 2.31. The smallest absolute Gasteiger partial charge is 0.419 e. The largest absolute Gasteiger partial charge is 0.488 e. The first-order valence-electron chi connectivity index (χ1n) is 6.07. The summed E-state index contributed by atoms with van der Waals surface area (Å²) in [4.78, 5) is 0. The minimum Gasteiger partial charge on any atom is -0.488 e. The van der Waals surface area contributed by atoms with E-state index in [0.717, 1.165) is 25.3 Å². The lowest BCUT2D eigenvalue weighted by atomic mass is 9.93. The van der Waals surface area contributed by atoms with Gasteiger partial charge in [-0.25, -0.2) is 0 Å². The van der Waals surface area contributed by atoms with Gasteiger partial charge in [-0.2, -0.15) is 13.2 Å². The predicted molar refractivity (Wildman–Crippen MR) is 62.3 cm³/mol. The molecule has 1 aromatic rings. The van der Waals surface area contributed by atoms with Crippen LogP contribution in [0.25, 0.3) is 0 Å². The van der Waals surface area contributed by atoms with Crippen molar-refractivity contribution < 1.29 is 17.9 Å². The number of rotatable bonds is 2. The van der Waals surface area contributed by atoms with Gasteiger partial charge in [0.15, 0.2) is 0 Å². The SMILES string of the molecule is NC1CCCCC1Oc1ccccc1C(F)(F)F. The highest BCUT2D eigenvalue weighted by Crippen LogP contribution is 2.37. The lowest BCUT2D eigenvalue weighted by molar-refractivity contribution is -0.139. The molecule has 2 nitrogen and oxygen atoms in total. The molecule has 0 saturated heterocycles. The highest BCUT2D eigenvalue weighted by molar-refractivity contribution is 5.35. The molecular weight excluding hydrogens is 243 g/mol. The Morgan fingerprint density at radius 2 is 1.78 bits per heavy atom. The van der Waals surface area contributed by atoms with Gasteiger partial charge in [0.1, 0.15) is 11.9 Å². The van der Waals surface area contributed by atoms with Crippen LogP contribution in [0.4, 0.5) is 13.2 Å². The zero-order chi connectivity index (χ0) is 13.2. The van der Waals surface area contributed by atoms with Crippen LogP contribution in [0.5, 0.6) is 5.75 Å². The molecule has 0 radical (unpaired) electrons. The summed E-state index contributed by atoms with van der Waals surface area (Å²) in [5.74, 6) is -0.118. The summed E-state index contributed by atoms with van der Waals surface area (Å²) in [5.41, 5.74) is 5.15. The number of hydrogen-bond acceptors (Lipinski definition) is 2. The van der Waals surface area contributed by atoms with Crippen LogP contribution >= 0.6 is 0 Å². The summed E-state index contributed by atoms with van der Waals surface area (Å²) >= 11 is 0. The molecule has 0 bridgehead atoms. The molecule has 0 aliphatic heterocycles. The Morgan fingerprint density at radius 1 is 1.11 bits per heavy atom. The Bertz CT molecular complexity index is 405. The van der Waals surface area contributed by atoms with E-state index < -0.39 is 11.7 Å². The Hall–Kier alpha value is -1.23. The molecule has 0 heterocycles. The van der Waals surface area contributed by atoms with Gasteiger partial charge in [-0.3, -0.25) is 0 Å². The van der Waals surface area contributed by atoms with E-state index in [4.69, 9.17) is 10.5 Å². The van der Waals surface area contributed by atoms with Crippen LogP contribution in [-0.2, 0) is 6.18 Å². The first kappa shape index (κ1) is 13.2. The molecular formula is C13H16F3NO. The number of alkyl halides is 3. The number of nitrogens with two attached hydrogens (primary N) is 1. The fraction of sp³-hybridized carbons (Fsp3) is 0.538. The summed E-state index contributed by atoms with van der Waals surface area (Å²) in [6.07, 6.45) is -1.22. The summed E-state index contributed by atoms with van der Waals surface area (Å²) in [6, 6.07) is 5.10. The van der Waals surface area contributed by atoms with E-state index in [2.05, 4.69) is 0 Å². The van der Waals surface area contributed by atoms with Crippen LogP contribution in [-0.4, -0.2) is 12.1 Å². The molecule has 100 valence electrons. The second-order valence-electron chi connectivity index (χ2n) is 4.60. The molecule has 5 heteroatoms. The van der Waals surface area contributed by atoms with Crippen molar-refractivity contribution >= 4 is 0 Å². The molecule has 2 unspecified atom stereocenters. The van der Waals surface area contributed by atoms with E-state index in [-0.39, 0.29) is 17.9 Å². The molecule has 1 saturated carbocycles. The second-order valence-corrected chi connectivity index (χ2v) is 4.60. The van der Waals surface area contributed by atoms with Gasteiger partial charge in [0.05, 0.1) is 5.56 Å². The lowest BCUT2D eigenvalue weighted by Crippen LogP contribution is -2.41. The normalized spacial score (nSPS) is 24.9. The van der Waals surface area contributed by atoms with Gasteiger partial charge in [0.25, 0.3) is 0 Å². The quantitative estimate of drug-likeness (QED) is 0.884. The van der Waals surface area contributed by atoms with Crippen molar-refractivity contribution in [2.45, 2.75) is 44.0 Å². The number of halogens is 3. The van der Waals surface area contributed by atoms with E-state index in [1.54, 1.807) is 6.07 Å². The van der Waals surface area contributed by atoms with E-state index in [0.29, 0.717) is 6.42 Å². The van der Waals surface area contributed by atoms with Crippen LogP contribution in [0.2, 0.25) is 0 Å². The first-order valence-corrected chi connectivity index (χ1v) is 6.07. The summed E-state index contributed by atoms with van der Waals surface area (Å²) in [7, 11) is 0. The zero-order valence-electron chi connectivity index (χ0n) is 9.91. The third kappa shape index (κ3) is 2.96.